The van der Waals surface area contributed by atoms with Gasteiger partial charge in [-0.2, -0.15) is 0 Å². The third-order valence-corrected chi connectivity index (χ3v) is 10.3. The van der Waals surface area contributed by atoms with Crippen molar-refractivity contribution in [2.45, 2.75) is 19.3 Å². The Labute approximate surface area is 290 Å². The summed E-state index contributed by atoms with van der Waals surface area (Å²) in [4.78, 5) is 15.1. The van der Waals surface area contributed by atoms with Gasteiger partial charge in [-0.15, -0.1) is 0 Å². The van der Waals surface area contributed by atoms with Crippen LogP contribution in [-0.2, 0) is 5.41 Å². The molecule has 0 amide bonds. The van der Waals surface area contributed by atoms with Gasteiger partial charge in [0.1, 0.15) is 11.5 Å². The van der Waals surface area contributed by atoms with Gasteiger partial charge in [-0.05, 0) is 68.6 Å². The van der Waals surface area contributed by atoms with Crippen LogP contribution in [0.2, 0.25) is 0 Å². The summed E-state index contributed by atoms with van der Waals surface area (Å²) in [5.41, 5.74) is 12.5. The molecule has 50 heavy (non-hydrogen) atoms. The molecule has 1 aliphatic heterocycles. The third kappa shape index (κ3) is 4.42. The van der Waals surface area contributed by atoms with Crippen molar-refractivity contribution in [2.24, 2.45) is 0 Å². The van der Waals surface area contributed by atoms with Crippen molar-refractivity contribution >= 4 is 10.8 Å². The Morgan fingerprint density at radius 3 is 1.80 bits per heavy atom. The summed E-state index contributed by atoms with van der Waals surface area (Å²) in [5, 5.41) is 2.34. The molecule has 0 saturated carbocycles. The maximum Gasteiger partial charge on any atom is 0.164 e. The lowest BCUT2D eigenvalue weighted by Crippen LogP contribution is -2.15. The Morgan fingerprint density at radius 2 is 1.00 bits per heavy atom. The lowest BCUT2D eigenvalue weighted by molar-refractivity contribution is 0.487. The van der Waals surface area contributed by atoms with Crippen molar-refractivity contribution in [1.29, 1.82) is 0 Å². The number of hydrogen-bond donors (Lipinski definition) is 0. The van der Waals surface area contributed by atoms with Crippen LogP contribution >= 0.6 is 0 Å². The van der Waals surface area contributed by atoms with Gasteiger partial charge >= 0.3 is 0 Å². The molecule has 0 unspecified atom stereocenters. The van der Waals surface area contributed by atoms with Gasteiger partial charge in [0.2, 0.25) is 0 Å². The fourth-order valence-electron chi connectivity index (χ4n) is 7.75. The number of benzene rings is 7. The van der Waals surface area contributed by atoms with Crippen LogP contribution in [-0.4, -0.2) is 15.0 Å². The molecule has 2 heterocycles. The highest BCUT2D eigenvalue weighted by molar-refractivity contribution is 6.04. The lowest BCUT2D eigenvalue weighted by atomic mass is 9.82. The fraction of sp³-hybridized carbons (Fsp3) is 0.0652. The summed E-state index contributed by atoms with van der Waals surface area (Å²) in [5.74, 6) is 3.74. The molecule has 0 bridgehead atoms. The molecule has 4 heteroatoms. The molecule has 0 spiro atoms. The highest BCUT2D eigenvalue weighted by atomic mass is 16.5. The monoisotopic (exact) mass is 641 g/mol. The fourth-order valence-corrected chi connectivity index (χ4v) is 7.75. The van der Waals surface area contributed by atoms with E-state index in [-0.39, 0.29) is 5.41 Å². The zero-order valence-corrected chi connectivity index (χ0v) is 27.7. The van der Waals surface area contributed by atoms with E-state index in [1.54, 1.807) is 0 Å². The Morgan fingerprint density at radius 1 is 0.400 bits per heavy atom. The van der Waals surface area contributed by atoms with Gasteiger partial charge in [-0.25, -0.2) is 15.0 Å². The zero-order valence-electron chi connectivity index (χ0n) is 27.7. The predicted octanol–water partition coefficient (Wildman–Crippen LogP) is 11.8. The molecule has 1 aromatic heterocycles. The number of ether oxygens (including phenoxy) is 1. The van der Waals surface area contributed by atoms with Crippen LogP contribution in [0.15, 0.2) is 152 Å². The second-order valence-electron chi connectivity index (χ2n) is 13.7. The second-order valence-corrected chi connectivity index (χ2v) is 13.7. The van der Waals surface area contributed by atoms with Crippen LogP contribution in [0, 0.1) is 0 Å². The smallest absolute Gasteiger partial charge is 0.164 e. The molecular weight excluding hydrogens is 611 g/mol. The normalized spacial score (nSPS) is 13.3. The first kappa shape index (κ1) is 28.6. The molecule has 0 radical (unpaired) electrons. The Balaban J connectivity index is 1.05. The van der Waals surface area contributed by atoms with Crippen LogP contribution in [0.1, 0.15) is 25.0 Å². The van der Waals surface area contributed by atoms with Gasteiger partial charge < -0.3 is 4.74 Å². The maximum absolute atomic E-state index is 6.34. The molecule has 10 rings (SSSR count). The highest BCUT2D eigenvalue weighted by Crippen LogP contribution is 2.50. The van der Waals surface area contributed by atoms with E-state index in [1.165, 1.54) is 33.2 Å². The van der Waals surface area contributed by atoms with E-state index in [0.717, 1.165) is 50.3 Å². The van der Waals surface area contributed by atoms with Crippen LogP contribution in [0.25, 0.3) is 78.3 Å². The number of rotatable bonds is 4. The average Bonchev–Trinajstić information content (AvgIpc) is 3.40. The van der Waals surface area contributed by atoms with E-state index in [0.29, 0.717) is 17.5 Å². The minimum atomic E-state index is -0.116. The molecule has 7 aromatic carbocycles. The number of aromatic nitrogens is 3. The minimum Gasteiger partial charge on any atom is -0.456 e. The summed E-state index contributed by atoms with van der Waals surface area (Å²) in [6.45, 7) is 4.60. The summed E-state index contributed by atoms with van der Waals surface area (Å²) in [6.07, 6.45) is 0. The van der Waals surface area contributed by atoms with Crippen molar-refractivity contribution in [3.05, 3.63) is 163 Å². The van der Waals surface area contributed by atoms with Crippen molar-refractivity contribution in [2.75, 3.05) is 0 Å². The Hall–Kier alpha value is -6.39. The van der Waals surface area contributed by atoms with Crippen LogP contribution in [0.4, 0.5) is 0 Å². The molecule has 2 aliphatic rings. The maximum atomic E-state index is 6.34. The standard InChI is InChI=1S/C46H31N3O/c1-46(2)38-16-7-6-14-34(38)35-24-22-33(27-39(35)46)45-48-43(30-10-4-3-5-11-30)47-44(49-45)31-20-18-28(19-21-31)32-23-25-40-37(26-32)36-15-8-12-29-13-9-17-41(50-40)42(29)36/h3-27H,1-2H3. The van der Waals surface area contributed by atoms with E-state index in [9.17, 15) is 0 Å². The molecular formula is C46H31N3O. The van der Waals surface area contributed by atoms with Gasteiger partial charge in [0.05, 0.1) is 0 Å². The molecule has 4 nitrogen and oxygen atoms in total. The largest absolute Gasteiger partial charge is 0.456 e. The minimum absolute atomic E-state index is 0.116. The molecule has 0 atom stereocenters. The molecule has 0 saturated heterocycles. The van der Waals surface area contributed by atoms with Gasteiger partial charge in [0, 0.05) is 33.1 Å². The van der Waals surface area contributed by atoms with Gasteiger partial charge in [0.25, 0.3) is 0 Å². The van der Waals surface area contributed by atoms with Crippen molar-refractivity contribution in [1.82, 2.24) is 15.0 Å². The van der Waals surface area contributed by atoms with Gasteiger partial charge in [-0.1, -0.05) is 141 Å². The van der Waals surface area contributed by atoms with E-state index in [4.69, 9.17) is 19.7 Å². The molecule has 0 fully saturated rings. The number of hydrogen-bond acceptors (Lipinski definition) is 4. The first-order valence-corrected chi connectivity index (χ1v) is 17.0. The first-order chi connectivity index (χ1) is 24.5. The van der Waals surface area contributed by atoms with Crippen LogP contribution in [0.5, 0.6) is 11.5 Å². The average molecular weight is 642 g/mol. The van der Waals surface area contributed by atoms with Gasteiger partial charge in [-0.3, -0.25) is 0 Å². The second kappa shape index (κ2) is 10.8. The lowest BCUT2D eigenvalue weighted by Gasteiger charge is -2.22. The Kier molecular flexibility index (Phi) is 6.19. The van der Waals surface area contributed by atoms with Crippen molar-refractivity contribution < 1.29 is 4.74 Å². The topological polar surface area (TPSA) is 47.9 Å². The summed E-state index contributed by atoms with van der Waals surface area (Å²) in [7, 11) is 0. The highest BCUT2D eigenvalue weighted by Gasteiger charge is 2.35. The summed E-state index contributed by atoms with van der Waals surface area (Å²) < 4.78 is 6.34. The quantitative estimate of drug-likeness (QED) is 0.192. The van der Waals surface area contributed by atoms with Crippen molar-refractivity contribution in [3.8, 4) is 79.0 Å². The molecule has 236 valence electrons. The third-order valence-electron chi connectivity index (χ3n) is 10.3. The molecule has 0 N–H and O–H groups in total. The van der Waals surface area contributed by atoms with Crippen LogP contribution < -0.4 is 4.74 Å². The van der Waals surface area contributed by atoms with Gasteiger partial charge in [0.15, 0.2) is 17.5 Å². The van der Waals surface area contributed by atoms with E-state index in [1.807, 2.05) is 42.5 Å². The molecule has 8 aromatic rings. The summed E-state index contributed by atoms with van der Waals surface area (Å²) in [6, 6.07) is 53.1. The van der Waals surface area contributed by atoms with E-state index >= 15 is 0 Å². The number of fused-ring (bicyclic) bond motifs is 5. The summed E-state index contributed by atoms with van der Waals surface area (Å²) >= 11 is 0. The Bertz CT molecular complexity index is 2640. The van der Waals surface area contributed by atoms with Crippen LogP contribution in [0.3, 0.4) is 0 Å². The SMILES string of the molecule is CC1(C)c2ccccc2-c2ccc(-c3nc(-c4ccccc4)nc(-c4ccc(-c5ccc6c(c5)-c5cccc7cccc(c57)O6)cc4)n3)cc21. The first-order valence-electron chi connectivity index (χ1n) is 17.0. The van der Waals surface area contributed by atoms with E-state index < -0.39 is 0 Å². The predicted molar refractivity (Wildman–Crippen MR) is 202 cm³/mol. The van der Waals surface area contributed by atoms with Crippen molar-refractivity contribution in [3.63, 3.8) is 0 Å². The molecule has 1 aliphatic carbocycles. The number of nitrogens with zero attached hydrogens (tertiary/aromatic N) is 3. The van der Waals surface area contributed by atoms with E-state index in [2.05, 4.69) is 123 Å². The zero-order chi connectivity index (χ0) is 33.4.